The molecule has 2 amide bonds. The van der Waals surface area contributed by atoms with Gasteiger partial charge in [0.05, 0.1) is 6.04 Å². The van der Waals surface area contributed by atoms with E-state index in [1.165, 1.54) is 30.4 Å². The minimum Gasteiger partial charge on any atom is -0.331 e. The second kappa shape index (κ2) is 9.28. The second-order valence-corrected chi connectivity index (χ2v) is 11.8. The van der Waals surface area contributed by atoms with Crippen molar-refractivity contribution in [3.8, 4) is 0 Å². The number of piperidine rings is 1. The standard InChI is InChI=1S/C28H31N3O2S/c1-19(21-7-4-3-5-8-21)29-28(32)30-22-12-14-23(15-13-22)34(2,33)18-20-11-16-24-25(17-20)27-10-6-9-26(24)31-27/h3-5,7-8,11-17,19,26-27,31H,2,6,9-10,18H2,1H3,(H2,29,30,32)/t19-,26?,27?,34?/m0/s1. The van der Waals surface area contributed by atoms with E-state index in [-0.39, 0.29) is 12.1 Å². The summed E-state index contributed by atoms with van der Waals surface area (Å²) in [6.07, 6.45) is 3.61. The molecule has 3 aromatic carbocycles. The first-order valence-electron chi connectivity index (χ1n) is 11.9. The van der Waals surface area contributed by atoms with Gasteiger partial charge >= 0.3 is 6.03 Å². The van der Waals surface area contributed by atoms with Crippen molar-refractivity contribution in [3.05, 3.63) is 95.1 Å². The summed E-state index contributed by atoms with van der Waals surface area (Å²) >= 11 is 0. The summed E-state index contributed by atoms with van der Waals surface area (Å²) in [7, 11) is -2.50. The third-order valence-electron chi connectivity index (χ3n) is 6.88. The van der Waals surface area contributed by atoms with Crippen LogP contribution < -0.4 is 16.0 Å². The largest absolute Gasteiger partial charge is 0.331 e. The number of carbonyl (C=O) groups excluding carboxylic acids is 1. The van der Waals surface area contributed by atoms with Crippen molar-refractivity contribution in [2.24, 2.45) is 0 Å². The van der Waals surface area contributed by atoms with Crippen LogP contribution >= 0.6 is 0 Å². The van der Waals surface area contributed by atoms with E-state index in [1.54, 1.807) is 24.3 Å². The van der Waals surface area contributed by atoms with Crippen LogP contribution in [0.5, 0.6) is 0 Å². The number of hydrogen-bond acceptors (Lipinski definition) is 3. The molecule has 0 spiro atoms. The Morgan fingerprint density at radius 3 is 2.47 bits per heavy atom. The molecule has 2 bridgehead atoms. The molecule has 2 aliphatic heterocycles. The van der Waals surface area contributed by atoms with Crippen molar-refractivity contribution in [2.45, 2.75) is 55.0 Å². The molecule has 4 atom stereocenters. The SMILES string of the molecule is C=S(=O)(Cc1ccc2c(c1)C1CCCC2N1)c1ccc(NC(=O)N[C@@H](C)c2ccccc2)cc1. The molecule has 0 radical (unpaired) electrons. The molecule has 6 heteroatoms. The van der Waals surface area contributed by atoms with Crippen LogP contribution in [0.1, 0.15) is 66.6 Å². The molecule has 3 N–H and O–H groups in total. The summed E-state index contributed by atoms with van der Waals surface area (Å²) in [4.78, 5) is 13.1. The van der Waals surface area contributed by atoms with E-state index in [0.29, 0.717) is 28.4 Å². The Morgan fingerprint density at radius 2 is 1.74 bits per heavy atom. The van der Waals surface area contributed by atoms with Gasteiger partial charge in [-0.15, -0.1) is 0 Å². The normalized spacial score (nSPS) is 21.2. The van der Waals surface area contributed by atoms with Crippen LogP contribution in [-0.2, 0) is 15.3 Å². The van der Waals surface area contributed by atoms with Gasteiger partial charge in [0.2, 0.25) is 0 Å². The van der Waals surface area contributed by atoms with E-state index in [1.807, 2.05) is 37.3 Å². The fourth-order valence-electron chi connectivity index (χ4n) is 5.09. The Labute approximate surface area is 202 Å². The van der Waals surface area contributed by atoms with Gasteiger partial charge in [0.25, 0.3) is 0 Å². The van der Waals surface area contributed by atoms with Crippen molar-refractivity contribution in [1.82, 2.24) is 10.6 Å². The molecule has 2 heterocycles. The first kappa shape index (κ1) is 22.7. The molecule has 3 unspecified atom stereocenters. The lowest BCUT2D eigenvalue weighted by molar-refractivity contribution is 0.249. The molecule has 3 aromatic rings. The number of hydrogen-bond donors (Lipinski definition) is 3. The van der Waals surface area contributed by atoms with Gasteiger partial charge in [0.15, 0.2) is 0 Å². The quantitative estimate of drug-likeness (QED) is 0.401. The zero-order valence-electron chi connectivity index (χ0n) is 19.4. The van der Waals surface area contributed by atoms with E-state index >= 15 is 0 Å². The van der Waals surface area contributed by atoms with Crippen molar-refractivity contribution < 1.29 is 9.00 Å². The molecule has 0 aromatic heterocycles. The number of benzene rings is 3. The highest BCUT2D eigenvalue weighted by atomic mass is 32.2. The van der Waals surface area contributed by atoms with E-state index in [9.17, 15) is 9.00 Å². The van der Waals surface area contributed by atoms with E-state index in [2.05, 4.69) is 40.0 Å². The Balaban J connectivity index is 1.23. The molecular formula is C28H31N3O2S. The predicted octanol–water partition coefficient (Wildman–Crippen LogP) is 5.71. The third kappa shape index (κ3) is 4.74. The summed E-state index contributed by atoms with van der Waals surface area (Å²) in [5, 5.41) is 9.48. The highest BCUT2D eigenvalue weighted by Crippen LogP contribution is 2.43. The molecule has 1 saturated heterocycles. The molecular weight excluding hydrogens is 442 g/mol. The predicted molar refractivity (Wildman–Crippen MR) is 140 cm³/mol. The Morgan fingerprint density at radius 1 is 1.03 bits per heavy atom. The molecule has 5 rings (SSSR count). The zero-order chi connectivity index (χ0) is 23.7. The molecule has 5 nitrogen and oxygen atoms in total. The third-order valence-corrected chi connectivity index (χ3v) is 8.81. The van der Waals surface area contributed by atoms with Crippen LogP contribution in [-0.4, -0.2) is 16.1 Å². The number of carbonyl (C=O) groups is 1. The minimum atomic E-state index is -2.50. The fraction of sp³-hybridized carbons (Fsp3) is 0.286. The monoisotopic (exact) mass is 473 g/mol. The molecule has 176 valence electrons. The summed E-state index contributed by atoms with van der Waals surface area (Å²) in [5.74, 6) is 4.47. The first-order valence-corrected chi connectivity index (χ1v) is 13.7. The first-order chi connectivity index (χ1) is 16.4. The van der Waals surface area contributed by atoms with Gasteiger partial charge in [0, 0.05) is 37.9 Å². The number of nitrogens with one attached hydrogen (secondary N) is 3. The lowest BCUT2D eigenvalue weighted by Gasteiger charge is -2.20. The topological polar surface area (TPSA) is 70.2 Å². The fourth-order valence-corrected chi connectivity index (χ4v) is 6.60. The van der Waals surface area contributed by atoms with Gasteiger partial charge < -0.3 is 16.0 Å². The van der Waals surface area contributed by atoms with Gasteiger partial charge in [-0.25, -0.2) is 4.79 Å². The van der Waals surface area contributed by atoms with Gasteiger partial charge in [-0.1, -0.05) is 48.5 Å². The molecule has 0 saturated carbocycles. The Hall–Kier alpha value is -3.09. The summed E-state index contributed by atoms with van der Waals surface area (Å²) < 4.78 is 13.5. The van der Waals surface area contributed by atoms with Crippen LogP contribution in [0.3, 0.4) is 0 Å². The average Bonchev–Trinajstić information content (AvgIpc) is 3.08. The van der Waals surface area contributed by atoms with Gasteiger partial charge in [-0.2, -0.15) is 0 Å². The lowest BCUT2D eigenvalue weighted by Crippen LogP contribution is -2.31. The van der Waals surface area contributed by atoms with E-state index in [4.69, 9.17) is 0 Å². The van der Waals surface area contributed by atoms with E-state index < -0.39 is 9.52 Å². The van der Waals surface area contributed by atoms with Gasteiger partial charge in [-0.05, 0) is 78.6 Å². The van der Waals surface area contributed by atoms with Crippen molar-refractivity contribution in [2.75, 3.05) is 5.32 Å². The van der Waals surface area contributed by atoms with Crippen LogP contribution in [0.25, 0.3) is 0 Å². The van der Waals surface area contributed by atoms with Crippen molar-refractivity contribution >= 4 is 27.1 Å². The average molecular weight is 474 g/mol. The molecule has 1 fully saturated rings. The maximum atomic E-state index is 13.5. The highest BCUT2D eigenvalue weighted by Gasteiger charge is 2.33. The number of rotatable bonds is 6. The van der Waals surface area contributed by atoms with Crippen molar-refractivity contribution in [3.63, 3.8) is 0 Å². The van der Waals surface area contributed by atoms with Crippen LogP contribution in [0.15, 0.2) is 77.7 Å². The minimum absolute atomic E-state index is 0.110. The van der Waals surface area contributed by atoms with Crippen LogP contribution in [0.2, 0.25) is 0 Å². The number of fused-ring (bicyclic) bond motifs is 5. The van der Waals surface area contributed by atoms with E-state index in [0.717, 1.165) is 11.1 Å². The smallest absolute Gasteiger partial charge is 0.319 e. The summed E-state index contributed by atoms with van der Waals surface area (Å²) in [6, 6.07) is 24.0. The Bertz CT molecular complexity index is 1290. The van der Waals surface area contributed by atoms with Crippen LogP contribution in [0.4, 0.5) is 10.5 Å². The molecule has 34 heavy (non-hydrogen) atoms. The summed E-state index contributed by atoms with van der Waals surface area (Å²) in [5.41, 5.74) is 5.51. The summed E-state index contributed by atoms with van der Waals surface area (Å²) in [6.45, 7) is 1.94. The zero-order valence-corrected chi connectivity index (χ0v) is 20.2. The Kier molecular flexibility index (Phi) is 6.19. The number of urea groups is 1. The van der Waals surface area contributed by atoms with Crippen LogP contribution in [0, 0.1) is 0 Å². The second-order valence-electron chi connectivity index (χ2n) is 9.38. The molecule has 0 aliphatic carbocycles. The molecule has 2 aliphatic rings. The number of anilines is 1. The number of amides is 2. The van der Waals surface area contributed by atoms with Crippen molar-refractivity contribution in [1.29, 1.82) is 0 Å². The maximum absolute atomic E-state index is 13.5. The van der Waals surface area contributed by atoms with Gasteiger partial charge in [-0.3, -0.25) is 4.21 Å². The highest BCUT2D eigenvalue weighted by molar-refractivity contribution is 7.99. The lowest BCUT2D eigenvalue weighted by atomic mass is 10.0. The maximum Gasteiger partial charge on any atom is 0.319 e. The van der Waals surface area contributed by atoms with Gasteiger partial charge in [0.1, 0.15) is 0 Å².